The summed E-state index contributed by atoms with van der Waals surface area (Å²) in [6.45, 7) is 2.73. The Kier molecular flexibility index (Phi) is 3.82. The molecule has 0 bridgehead atoms. The number of nitrogens with zero attached hydrogens (tertiary/aromatic N) is 3. The first-order valence-corrected chi connectivity index (χ1v) is 8.02. The van der Waals surface area contributed by atoms with Gasteiger partial charge in [-0.15, -0.1) is 0 Å². The van der Waals surface area contributed by atoms with Crippen LogP contribution in [-0.4, -0.2) is 19.8 Å². The monoisotopic (exact) mass is 331 g/mol. The Labute approximate surface area is 145 Å². The van der Waals surface area contributed by atoms with Crippen molar-refractivity contribution in [2.75, 3.05) is 0 Å². The number of hydrogen-bond acceptors (Lipinski definition) is 4. The zero-order valence-electron chi connectivity index (χ0n) is 13.8. The first-order chi connectivity index (χ1) is 12.2. The minimum atomic E-state index is 0.195. The Hall–Kier alpha value is -3.34. The topological polar surface area (TPSA) is 64.1 Å². The van der Waals surface area contributed by atoms with Crippen LogP contribution < -0.4 is 0 Å². The van der Waals surface area contributed by atoms with Crippen molar-refractivity contribution < 1.29 is 9.63 Å². The van der Waals surface area contributed by atoms with E-state index in [2.05, 4.69) is 22.3 Å². The molecule has 0 unspecified atom stereocenters. The van der Waals surface area contributed by atoms with Gasteiger partial charge in [-0.25, -0.2) is 4.98 Å². The fourth-order valence-electron chi connectivity index (χ4n) is 2.88. The van der Waals surface area contributed by atoms with E-state index < -0.39 is 0 Å². The van der Waals surface area contributed by atoms with Crippen LogP contribution in [0.25, 0.3) is 22.6 Å². The molecule has 0 atom stereocenters. The second-order valence-electron chi connectivity index (χ2n) is 5.93. The number of imidazole rings is 1. The Morgan fingerprint density at radius 3 is 2.60 bits per heavy atom. The molecule has 0 radical (unpaired) electrons. The van der Waals surface area contributed by atoms with Crippen LogP contribution in [0.15, 0.2) is 71.8 Å². The minimum Gasteiger partial charge on any atom is -0.507 e. The summed E-state index contributed by atoms with van der Waals surface area (Å²) >= 11 is 0. The Bertz CT molecular complexity index is 986. The van der Waals surface area contributed by atoms with E-state index in [4.69, 9.17) is 4.52 Å². The van der Waals surface area contributed by atoms with Gasteiger partial charge in [0.1, 0.15) is 11.4 Å². The molecule has 0 saturated heterocycles. The molecular formula is C20H17N3O2. The summed E-state index contributed by atoms with van der Waals surface area (Å²) in [6, 6.07) is 15.3. The molecule has 2 aromatic heterocycles. The van der Waals surface area contributed by atoms with Gasteiger partial charge in [0.2, 0.25) is 0 Å². The van der Waals surface area contributed by atoms with Gasteiger partial charge >= 0.3 is 0 Å². The molecule has 0 amide bonds. The maximum Gasteiger partial charge on any atom is 0.170 e. The average Bonchev–Trinajstić information content (AvgIpc) is 3.26. The van der Waals surface area contributed by atoms with Gasteiger partial charge in [0.15, 0.2) is 5.76 Å². The quantitative estimate of drug-likeness (QED) is 0.606. The number of rotatable bonds is 4. The van der Waals surface area contributed by atoms with Gasteiger partial charge in [-0.2, -0.15) is 0 Å². The van der Waals surface area contributed by atoms with Gasteiger partial charge < -0.3 is 14.2 Å². The lowest BCUT2D eigenvalue weighted by molar-refractivity contribution is 0.433. The zero-order chi connectivity index (χ0) is 17.2. The summed E-state index contributed by atoms with van der Waals surface area (Å²) in [5, 5.41) is 14.2. The number of aromatic hydroxyl groups is 1. The van der Waals surface area contributed by atoms with E-state index in [1.165, 1.54) is 5.56 Å². The fourth-order valence-corrected chi connectivity index (χ4v) is 2.88. The lowest BCUT2D eigenvalue weighted by Gasteiger charge is -2.04. The smallest absolute Gasteiger partial charge is 0.170 e. The third kappa shape index (κ3) is 2.92. The molecule has 0 aliphatic carbocycles. The number of para-hydroxylation sites is 1. The summed E-state index contributed by atoms with van der Waals surface area (Å²) in [4.78, 5) is 4.05. The molecule has 0 fully saturated rings. The van der Waals surface area contributed by atoms with Crippen molar-refractivity contribution in [3.63, 3.8) is 0 Å². The lowest BCUT2D eigenvalue weighted by Crippen LogP contribution is -1.95. The van der Waals surface area contributed by atoms with Gasteiger partial charge in [0.05, 0.1) is 6.33 Å². The standard InChI is InChI=1S/C20H17N3O2/c1-14-19(17-4-2-3-5-18(17)24)22-25-20(14)16-8-6-15(7-9-16)12-23-11-10-21-13-23/h2-11,13,24H,12H2,1H3. The molecule has 0 aliphatic rings. The van der Waals surface area contributed by atoms with Crippen LogP contribution in [0.2, 0.25) is 0 Å². The van der Waals surface area contributed by atoms with Crippen LogP contribution in [0, 0.1) is 6.92 Å². The molecule has 4 rings (SSSR count). The summed E-state index contributed by atoms with van der Waals surface area (Å²) in [5.74, 6) is 0.911. The minimum absolute atomic E-state index is 0.195. The molecule has 0 aliphatic heterocycles. The van der Waals surface area contributed by atoms with Crippen LogP contribution in [0.4, 0.5) is 0 Å². The van der Waals surface area contributed by atoms with E-state index in [0.29, 0.717) is 17.0 Å². The van der Waals surface area contributed by atoms with E-state index in [0.717, 1.165) is 17.7 Å². The maximum atomic E-state index is 10.0. The number of aromatic nitrogens is 3. The highest BCUT2D eigenvalue weighted by Crippen LogP contribution is 2.35. The molecule has 5 nitrogen and oxygen atoms in total. The van der Waals surface area contributed by atoms with Crippen molar-refractivity contribution in [1.29, 1.82) is 0 Å². The molecule has 0 spiro atoms. The fraction of sp³-hybridized carbons (Fsp3) is 0.100. The normalized spacial score (nSPS) is 10.9. The molecule has 5 heteroatoms. The van der Waals surface area contributed by atoms with Gasteiger partial charge in [-0.3, -0.25) is 0 Å². The number of hydrogen-bond donors (Lipinski definition) is 1. The summed E-state index contributed by atoms with van der Waals surface area (Å²) < 4.78 is 7.58. The molecule has 1 N–H and O–H groups in total. The van der Waals surface area contributed by atoms with Crippen molar-refractivity contribution >= 4 is 0 Å². The molecule has 2 heterocycles. The zero-order valence-corrected chi connectivity index (χ0v) is 13.8. The third-order valence-corrected chi connectivity index (χ3v) is 4.22. The Morgan fingerprint density at radius 1 is 1.08 bits per heavy atom. The van der Waals surface area contributed by atoms with Crippen molar-refractivity contribution in [2.45, 2.75) is 13.5 Å². The molecular weight excluding hydrogens is 314 g/mol. The largest absolute Gasteiger partial charge is 0.507 e. The molecule has 124 valence electrons. The van der Waals surface area contributed by atoms with Crippen LogP contribution in [0.5, 0.6) is 5.75 Å². The van der Waals surface area contributed by atoms with Gasteiger partial charge in [0, 0.05) is 35.6 Å². The molecule has 0 saturated carbocycles. The molecule has 4 aromatic rings. The Morgan fingerprint density at radius 2 is 1.88 bits per heavy atom. The van der Waals surface area contributed by atoms with Crippen LogP contribution >= 0.6 is 0 Å². The van der Waals surface area contributed by atoms with Crippen molar-refractivity contribution in [3.05, 3.63) is 78.4 Å². The van der Waals surface area contributed by atoms with Crippen LogP contribution in [-0.2, 0) is 6.54 Å². The van der Waals surface area contributed by atoms with Gasteiger partial charge in [-0.05, 0) is 24.6 Å². The van der Waals surface area contributed by atoms with E-state index in [-0.39, 0.29) is 5.75 Å². The van der Waals surface area contributed by atoms with Gasteiger partial charge in [0.25, 0.3) is 0 Å². The predicted octanol–water partition coefficient (Wildman–Crippen LogP) is 4.27. The highest BCUT2D eigenvalue weighted by Gasteiger charge is 2.17. The second kappa shape index (κ2) is 6.28. The first-order valence-electron chi connectivity index (χ1n) is 8.02. The first kappa shape index (κ1) is 15.2. The highest BCUT2D eigenvalue weighted by molar-refractivity contribution is 5.75. The summed E-state index contributed by atoms with van der Waals surface area (Å²) in [7, 11) is 0. The third-order valence-electron chi connectivity index (χ3n) is 4.22. The van der Waals surface area contributed by atoms with Crippen LogP contribution in [0.3, 0.4) is 0 Å². The van der Waals surface area contributed by atoms with E-state index in [1.807, 2.05) is 42.0 Å². The second-order valence-corrected chi connectivity index (χ2v) is 5.93. The van der Waals surface area contributed by atoms with Crippen LogP contribution in [0.1, 0.15) is 11.1 Å². The van der Waals surface area contributed by atoms with Gasteiger partial charge in [-0.1, -0.05) is 41.6 Å². The number of phenolic OH excluding ortho intramolecular Hbond substituents is 1. The number of benzene rings is 2. The van der Waals surface area contributed by atoms with Crippen molar-refractivity contribution in [2.24, 2.45) is 0 Å². The van der Waals surface area contributed by atoms with E-state index in [9.17, 15) is 5.11 Å². The van der Waals surface area contributed by atoms with E-state index in [1.54, 1.807) is 24.7 Å². The SMILES string of the molecule is Cc1c(-c2ccccc2O)noc1-c1ccc(Cn2ccnc2)cc1. The molecule has 25 heavy (non-hydrogen) atoms. The van der Waals surface area contributed by atoms with E-state index >= 15 is 0 Å². The predicted molar refractivity (Wildman–Crippen MR) is 95.1 cm³/mol. The highest BCUT2D eigenvalue weighted by atomic mass is 16.5. The summed E-state index contributed by atoms with van der Waals surface area (Å²) in [6.07, 6.45) is 5.51. The Balaban J connectivity index is 1.63. The number of phenols is 1. The van der Waals surface area contributed by atoms with Crippen molar-refractivity contribution in [3.8, 4) is 28.3 Å². The summed E-state index contributed by atoms with van der Waals surface area (Å²) in [5.41, 5.74) is 4.38. The van der Waals surface area contributed by atoms with Crippen molar-refractivity contribution in [1.82, 2.24) is 14.7 Å². The average molecular weight is 331 g/mol. The molecule has 2 aromatic carbocycles. The lowest BCUT2D eigenvalue weighted by atomic mass is 10.0. The maximum absolute atomic E-state index is 10.0.